The number of ether oxygens (including phenoxy) is 1. The number of carbonyl (C=O) groups is 3. The average molecular weight is 379 g/mol. The summed E-state index contributed by atoms with van der Waals surface area (Å²) in [5.41, 5.74) is 1.11. The molecular weight excluding hydrogens is 361 g/mol. The zero-order chi connectivity index (χ0) is 19.3. The van der Waals surface area contributed by atoms with Crippen LogP contribution in [0.4, 0.5) is 9.18 Å². The molecule has 1 heterocycles. The van der Waals surface area contributed by atoms with Gasteiger partial charge in [0.15, 0.2) is 6.10 Å². The Hall–Kier alpha value is -2.81. The molecule has 2 N–H and O–H groups in total. The van der Waals surface area contributed by atoms with Crippen molar-refractivity contribution in [2.24, 2.45) is 0 Å². The van der Waals surface area contributed by atoms with Gasteiger partial charge in [-0.2, -0.15) is 0 Å². The molecule has 138 valence electrons. The number of urea groups is 1. The first-order valence-corrected chi connectivity index (χ1v) is 8.66. The van der Waals surface area contributed by atoms with Gasteiger partial charge in [0, 0.05) is 12.1 Å². The number of amides is 3. The minimum atomic E-state index is -1.15. The fourth-order valence-electron chi connectivity index (χ4n) is 1.99. The molecule has 2 rings (SSSR count). The van der Waals surface area contributed by atoms with Gasteiger partial charge in [-0.15, -0.1) is 11.3 Å². The molecule has 3 amide bonds. The zero-order valence-corrected chi connectivity index (χ0v) is 15.3. The number of nitrogens with zero attached hydrogens (tertiary/aromatic N) is 1. The number of aromatic nitrogens is 1. The first kappa shape index (κ1) is 19.5. The van der Waals surface area contributed by atoms with Crippen molar-refractivity contribution in [1.82, 2.24) is 15.6 Å². The van der Waals surface area contributed by atoms with E-state index in [1.807, 2.05) is 0 Å². The van der Waals surface area contributed by atoms with E-state index in [0.29, 0.717) is 22.8 Å². The molecule has 0 saturated carbocycles. The third kappa shape index (κ3) is 4.85. The maximum absolute atomic E-state index is 13.0. The highest BCUT2D eigenvalue weighted by Crippen LogP contribution is 2.28. The van der Waals surface area contributed by atoms with Crippen LogP contribution in [0.25, 0.3) is 10.6 Å². The van der Waals surface area contributed by atoms with Gasteiger partial charge < -0.3 is 10.1 Å². The Morgan fingerprint density at radius 1 is 1.27 bits per heavy atom. The van der Waals surface area contributed by atoms with Gasteiger partial charge in [-0.25, -0.2) is 19.0 Å². The highest BCUT2D eigenvalue weighted by Gasteiger charge is 2.24. The number of hydrogen-bond donors (Lipinski definition) is 2. The van der Waals surface area contributed by atoms with Crippen molar-refractivity contribution in [3.63, 3.8) is 0 Å². The van der Waals surface area contributed by atoms with Crippen LogP contribution in [0.5, 0.6) is 0 Å². The van der Waals surface area contributed by atoms with E-state index in [1.165, 1.54) is 19.1 Å². The summed E-state index contributed by atoms with van der Waals surface area (Å²) in [5, 5.41) is 5.02. The summed E-state index contributed by atoms with van der Waals surface area (Å²) in [6.07, 6.45) is -1.15. The van der Waals surface area contributed by atoms with Gasteiger partial charge in [0.2, 0.25) is 0 Å². The molecule has 9 heteroatoms. The highest BCUT2D eigenvalue weighted by molar-refractivity contribution is 7.17. The van der Waals surface area contributed by atoms with Gasteiger partial charge in [0.1, 0.15) is 15.7 Å². The fraction of sp³-hybridized carbons (Fsp3) is 0.294. The number of halogens is 1. The number of thiazole rings is 1. The second-order valence-corrected chi connectivity index (χ2v) is 6.34. The predicted molar refractivity (Wildman–Crippen MR) is 94.3 cm³/mol. The molecule has 0 spiro atoms. The smallest absolute Gasteiger partial charge is 0.351 e. The van der Waals surface area contributed by atoms with E-state index in [-0.39, 0.29) is 10.7 Å². The van der Waals surface area contributed by atoms with Crippen LogP contribution in [0.1, 0.15) is 29.2 Å². The Morgan fingerprint density at radius 3 is 2.54 bits per heavy atom. The molecule has 1 aromatic carbocycles. The summed E-state index contributed by atoms with van der Waals surface area (Å²) in [6.45, 7) is 5.07. The summed E-state index contributed by atoms with van der Waals surface area (Å²) in [5.74, 6) is -1.81. The number of benzene rings is 1. The van der Waals surface area contributed by atoms with Crippen LogP contribution in [0.3, 0.4) is 0 Å². The van der Waals surface area contributed by atoms with E-state index < -0.39 is 24.0 Å². The normalized spacial score (nSPS) is 11.5. The standard InChI is InChI=1S/C17H18FN3O4S/c1-4-19-17(24)21-14(22)10(3)25-16(23)13-9(2)20-15(26-13)11-5-7-12(18)8-6-11/h5-8,10H,4H2,1-3H3,(H2,19,21,22,24). The van der Waals surface area contributed by atoms with Crippen molar-refractivity contribution in [3.05, 3.63) is 40.7 Å². The first-order chi connectivity index (χ1) is 12.3. The molecule has 0 aliphatic rings. The van der Waals surface area contributed by atoms with E-state index in [9.17, 15) is 18.8 Å². The molecule has 0 saturated heterocycles. The molecule has 1 atom stereocenters. The van der Waals surface area contributed by atoms with Crippen LogP contribution in [-0.2, 0) is 9.53 Å². The van der Waals surface area contributed by atoms with E-state index in [1.54, 1.807) is 26.0 Å². The lowest BCUT2D eigenvalue weighted by molar-refractivity contribution is -0.127. The number of hydrogen-bond acceptors (Lipinski definition) is 6. The van der Waals surface area contributed by atoms with Crippen molar-refractivity contribution >= 4 is 29.2 Å². The molecular formula is C17H18FN3O4S. The van der Waals surface area contributed by atoms with Gasteiger partial charge in [0.25, 0.3) is 5.91 Å². The van der Waals surface area contributed by atoms with E-state index >= 15 is 0 Å². The van der Waals surface area contributed by atoms with Gasteiger partial charge in [-0.05, 0) is 45.0 Å². The van der Waals surface area contributed by atoms with E-state index in [0.717, 1.165) is 11.3 Å². The minimum Gasteiger partial charge on any atom is -0.448 e. The predicted octanol–water partition coefficient (Wildman–Crippen LogP) is 2.65. The average Bonchev–Trinajstić information content (AvgIpc) is 2.97. The quantitative estimate of drug-likeness (QED) is 0.779. The Labute approximate surface area is 153 Å². The fourth-order valence-corrected chi connectivity index (χ4v) is 2.94. The van der Waals surface area contributed by atoms with Gasteiger partial charge in [0.05, 0.1) is 5.69 Å². The zero-order valence-electron chi connectivity index (χ0n) is 14.5. The van der Waals surface area contributed by atoms with Gasteiger partial charge in [-0.3, -0.25) is 10.1 Å². The van der Waals surface area contributed by atoms with Crippen molar-refractivity contribution in [3.8, 4) is 10.6 Å². The van der Waals surface area contributed by atoms with Crippen LogP contribution in [0, 0.1) is 12.7 Å². The maximum Gasteiger partial charge on any atom is 0.351 e. The Morgan fingerprint density at radius 2 is 1.92 bits per heavy atom. The van der Waals surface area contributed by atoms with E-state index in [4.69, 9.17) is 4.74 Å². The van der Waals surface area contributed by atoms with Crippen molar-refractivity contribution in [2.45, 2.75) is 26.9 Å². The number of rotatable bonds is 5. The van der Waals surface area contributed by atoms with Crippen LogP contribution >= 0.6 is 11.3 Å². The Bertz CT molecular complexity index is 820. The van der Waals surface area contributed by atoms with Crippen LogP contribution in [-0.4, -0.2) is 35.5 Å². The Balaban J connectivity index is 2.06. The summed E-state index contributed by atoms with van der Waals surface area (Å²) in [6, 6.07) is 5.07. The first-order valence-electron chi connectivity index (χ1n) is 7.84. The van der Waals surface area contributed by atoms with Crippen molar-refractivity contribution < 1.29 is 23.5 Å². The topological polar surface area (TPSA) is 97.4 Å². The SMILES string of the molecule is CCNC(=O)NC(=O)C(C)OC(=O)c1sc(-c2ccc(F)cc2)nc1C. The maximum atomic E-state index is 13.0. The lowest BCUT2D eigenvalue weighted by atomic mass is 10.2. The molecule has 0 aliphatic carbocycles. The summed E-state index contributed by atoms with van der Waals surface area (Å²) in [7, 11) is 0. The third-order valence-electron chi connectivity index (χ3n) is 3.30. The molecule has 0 aliphatic heterocycles. The number of nitrogens with one attached hydrogen (secondary N) is 2. The van der Waals surface area contributed by atoms with Crippen molar-refractivity contribution in [2.75, 3.05) is 6.54 Å². The van der Waals surface area contributed by atoms with Crippen LogP contribution < -0.4 is 10.6 Å². The van der Waals surface area contributed by atoms with E-state index in [2.05, 4.69) is 15.6 Å². The molecule has 0 bridgehead atoms. The monoisotopic (exact) mass is 379 g/mol. The summed E-state index contributed by atoms with van der Waals surface area (Å²) in [4.78, 5) is 40.0. The summed E-state index contributed by atoms with van der Waals surface area (Å²) < 4.78 is 18.1. The highest BCUT2D eigenvalue weighted by atomic mass is 32.1. The molecule has 1 unspecified atom stereocenters. The lowest BCUT2D eigenvalue weighted by Crippen LogP contribution is -2.44. The number of carbonyl (C=O) groups excluding carboxylic acids is 3. The molecule has 0 radical (unpaired) electrons. The van der Waals surface area contributed by atoms with Gasteiger partial charge in [-0.1, -0.05) is 0 Å². The number of esters is 1. The lowest BCUT2D eigenvalue weighted by Gasteiger charge is -2.12. The minimum absolute atomic E-state index is 0.238. The Kier molecular flexibility index (Phi) is 6.40. The number of imide groups is 1. The molecule has 2 aromatic rings. The van der Waals surface area contributed by atoms with Crippen molar-refractivity contribution in [1.29, 1.82) is 0 Å². The largest absolute Gasteiger partial charge is 0.448 e. The third-order valence-corrected chi connectivity index (χ3v) is 4.49. The molecule has 7 nitrogen and oxygen atoms in total. The molecule has 1 aromatic heterocycles. The van der Waals surface area contributed by atoms with Crippen LogP contribution in [0.15, 0.2) is 24.3 Å². The second kappa shape index (κ2) is 8.52. The number of aryl methyl sites for hydroxylation is 1. The van der Waals surface area contributed by atoms with Crippen LogP contribution in [0.2, 0.25) is 0 Å². The molecule has 0 fully saturated rings. The molecule has 26 heavy (non-hydrogen) atoms. The second-order valence-electron chi connectivity index (χ2n) is 5.34. The summed E-state index contributed by atoms with van der Waals surface area (Å²) >= 11 is 1.08. The van der Waals surface area contributed by atoms with Gasteiger partial charge >= 0.3 is 12.0 Å².